The van der Waals surface area contributed by atoms with Crippen LogP contribution < -0.4 is 22.1 Å². The van der Waals surface area contributed by atoms with Crippen molar-refractivity contribution in [3.05, 3.63) is 60.2 Å². The van der Waals surface area contributed by atoms with Gasteiger partial charge in [0.2, 0.25) is 10.0 Å². The van der Waals surface area contributed by atoms with E-state index in [2.05, 4.69) is 10.6 Å². The van der Waals surface area contributed by atoms with E-state index in [4.69, 9.17) is 25.7 Å². The van der Waals surface area contributed by atoms with E-state index in [-0.39, 0.29) is 30.3 Å². The van der Waals surface area contributed by atoms with Crippen molar-refractivity contribution in [3.8, 4) is 0 Å². The van der Waals surface area contributed by atoms with Gasteiger partial charge in [-0.3, -0.25) is 0 Å². The molecular formula is C30H45N5O7S. The fourth-order valence-corrected chi connectivity index (χ4v) is 6.26. The first-order chi connectivity index (χ1) is 20.6. The van der Waals surface area contributed by atoms with Gasteiger partial charge in [-0.1, -0.05) is 44.2 Å². The van der Waals surface area contributed by atoms with Gasteiger partial charge in [-0.05, 0) is 61.6 Å². The van der Waals surface area contributed by atoms with Gasteiger partial charge in [0.15, 0.2) is 0 Å². The van der Waals surface area contributed by atoms with Crippen LogP contribution in [0.3, 0.4) is 0 Å². The highest BCUT2D eigenvalue weighted by molar-refractivity contribution is 7.89. The summed E-state index contributed by atoms with van der Waals surface area (Å²) in [6, 6.07) is 14.4. The van der Waals surface area contributed by atoms with Crippen LogP contribution in [0, 0.1) is 5.92 Å². The highest BCUT2D eigenvalue weighted by Gasteiger charge is 2.35. The number of carbonyl (C=O) groups excluding carboxylic acids is 2. The summed E-state index contributed by atoms with van der Waals surface area (Å²) in [6.07, 6.45) is -0.707. The number of rotatable bonds is 16. The van der Waals surface area contributed by atoms with Gasteiger partial charge in [0.05, 0.1) is 30.7 Å². The molecule has 2 amide bonds. The molecular weight excluding hydrogens is 574 g/mol. The Morgan fingerprint density at radius 1 is 1.05 bits per heavy atom. The lowest BCUT2D eigenvalue weighted by Gasteiger charge is -2.33. The molecule has 1 aliphatic heterocycles. The summed E-state index contributed by atoms with van der Waals surface area (Å²) in [4.78, 5) is 26.1. The van der Waals surface area contributed by atoms with E-state index in [0.717, 1.165) is 12.0 Å². The summed E-state index contributed by atoms with van der Waals surface area (Å²) >= 11 is 0. The zero-order valence-corrected chi connectivity index (χ0v) is 25.8. The second-order valence-corrected chi connectivity index (χ2v) is 12.9. The number of nitrogens with one attached hydrogen (secondary N) is 2. The SMILES string of the molecule is CC(C)CN(C[C@@H](OC(=O)NCCCCN)[C@H](Cc1ccccc1)NC(=O)O[C@H]1CCOC1)S(=O)(=O)c1ccc(N)cc1. The van der Waals surface area contributed by atoms with Crippen LogP contribution in [0.15, 0.2) is 59.5 Å². The Labute approximate surface area is 254 Å². The monoisotopic (exact) mass is 619 g/mol. The van der Waals surface area contributed by atoms with Crippen LogP contribution in [0.5, 0.6) is 0 Å². The average Bonchev–Trinajstić information content (AvgIpc) is 3.47. The van der Waals surface area contributed by atoms with E-state index < -0.39 is 40.5 Å². The van der Waals surface area contributed by atoms with Gasteiger partial charge in [0.1, 0.15) is 12.2 Å². The number of unbranched alkanes of at least 4 members (excludes halogenated alkanes) is 1. The van der Waals surface area contributed by atoms with E-state index in [1.54, 1.807) is 0 Å². The third kappa shape index (κ3) is 11.3. The highest BCUT2D eigenvalue weighted by atomic mass is 32.2. The molecule has 2 aromatic carbocycles. The highest BCUT2D eigenvalue weighted by Crippen LogP contribution is 2.22. The van der Waals surface area contributed by atoms with Crippen molar-refractivity contribution in [3.63, 3.8) is 0 Å². The Bertz CT molecular complexity index is 1240. The molecule has 0 unspecified atom stereocenters. The van der Waals surface area contributed by atoms with Crippen molar-refractivity contribution in [2.45, 2.75) is 62.7 Å². The molecule has 1 heterocycles. The van der Waals surface area contributed by atoms with Crippen LogP contribution >= 0.6 is 0 Å². The number of nitrogen functional groups attached to an aromatic ring is 1. The van der Waals surface area contributed by atoms with E-state index in [0.29, 0.717) is 44.8 Å². The number of ether oxygens (including phenoxy) is 3. The quantitative estimate of drug-likeness (QED) is 0.163. The second kappa shape index (κ2) is 17.0. The standard InChI is InChI=1S/C30H45N5O7S/c1-22(2)19-35(43(38,39)26-12-10-24(32)11-13-26)20-28(42-29(36)33-16-7-6-15-31)27(18-23-8-4-3-5-9-23)34-30(37)41-25-14-17-40-21-25/h3-5,8-13,22,25,27-28H,6-7,14-21,31-32H2,1-2H3,(H,33,36)(H,34,37)/t25-,27-,28+/m0/s1. The number of hydrogen-bond acceptors (Lipinski definition) is 9. The number of nitrogens with zero attached hydrogens (tertiary/aromatic N) is 1. The maximum absolute atomic E-state index is 13.9. The predicted molar refractivity (Wildman–Crippen MR) is 164 cm³/mol. The first-order valence-corrected chi connectivity index (χ1v) is 16.1. The third-order valence-electron chi connectivity index (χ3n) is 6.84. The molecule has 1 aliphatic rings. The van der Waals surface area contributed by atoms with E-state index in [1.165, 1.54) is 28.6 Å². The summed E-state index contributed by atoms with van der Waals surface area (Å²) in [6.45, 7) is 5.33. The number of alkyl carbamates (subject to hydrolysis) is 2. The van der Waals surface area contributed by atoms with E-state index in [9.17, 15) is 18.0 Å². The molecule has 6 N–H and O–H groups in total. The van der Waals surface area contributed by atoms with Gasteiger partial charge in [-0.2, -0.15) is 4.31 Å². The average molecular weight is 620 g/mol. The maximum Gasteiger partial charge on any atom is 0.407 e. The molecule has 0 aromatic heterocycles. The van der Waals surface area contributed by atoms with Crippen LogP contribution in [0.25, 0.3) is 0 Å². The van der Waals surface area contributed by atoms with E-state index >= 15 is 0 Å². The number of nitrogens with two attached hydrogens (primary N) is 2. The van der Waals surface area contributed by atoms with Crippen molar-refractivity contribution in [2.75, 3.05) is 45.1 Å². The van der Waals surface area contributed by atoms with Gasteiger partial charge in [0, 0.05) is 25.2 Å². The Morgan fingerprint density at radius 3 is 2.40 bits per heavy atom. The Hall–Kier alpha value is -3.39. The first-order valence-electron chi connectivity index (χ1n) is 14.7. The summed E-state index contributed by atoms with van der Waals surface area (Å²) in [5, 5.41) is 5.57. The molecule has 0 radical (unpaired) electrons. The molecule has 12 nitrogen and oxygen atoms in total. The minimum atomic E-state index is -4.03. The van der Waals surface area contributed by atoms with Crippen LogP contribution in [0.2, 0.25) is 0 Å². The van der Waals surface area contributed by atoms with Crippen molar-refractivity contribution in [1.82, 2.24) is 14.9 Å². The maximum atomic E-state index is 13.9. The smallest absolute Gasteiger partial charge is 0.407 e. The number of anilines is 1. The molecule has 1 fully saturated rings. The minimum Gasteiger partial charge on any atom is -0.444 e. The number of sulfonamides is 1. The molecule has 3 atom stereocenters. The van der Waals surface area contributed by atoms with Crippen LogP contribution in [0.4, 0.5) is 15.3 Å². The number of carbonyl (C=O) groups is 2. The molecule has 238 valence electrons. The van der Waals surface area contributed by atoms with Crippen LogP contribution in [0.1, 0.15) is 38.7 Å². The molecule has 0 aliphatic carbocycles. The summed E-state index contributed by atoms with van der Waals surface area (Å²) in [5.74, 6) is -0.0536. The molecule has 3 rings (SSSR count). The van der Waals surface area contributed by atoms with Crippen LogP contribution in [-0.2, 0) is 30.7 Å². The van der Waals surface area contributed by atoms with E-state index in [1.807, 2.05) is 44.2 Å². The number of hydrogen-bond donors (Lipinski definition) is 4. The normalized spacial score (nSPS) is 16.5. The fourth-order valence-electron chi connectivity index (χ4n) is 4.64. The molecule has 0 bridgehead atoms. The molecule has 43 heavy (non-hydrogen) atoms. The fraction of sp³-hybridized carbons (Fsp3) is 0.533. The van der Waals surface area contributed by atoms with Crippen molar-refractivity contribution >= 4 is 27.9 Å². The van der Waals surface area contributed by atoms with Crippen molar-refractivity contribution in [2.24, 2.45) is 11.7 Å². The lowest BCUT2D eigenvalue weighted by molar-refractivity contribution is 0.0479. The van der Waals surface area contributed by atoms with Gasteiger partial charge in [-0.25, -0.2) is 18.0 Å². The van der Waals surface area contributed by atoms with Gasteiger partial charge < -0.3 is 36.3 Å². The number of benzene rings is 2. The minimum absolute atomic E-state index is 0.0536. The largest absolute Gasteiger partial charge is 0.444 e. The molecule has 13 heteroatoms. The van der Waals surface area contributed by atoms with Crippen LogP contribution in [-0.4, -0.2) is 82.6 Å². The summed E-state index contributed by atoms with van der Waals surface area (Å²) in [7, 11) is -4.03. The molecule has 1 saturated heterocycles. The Kier molecular flexibility index (Phi) is 13.5. The summed E-state index contributed by atoms with van der Waals surface area (Å²) < 4.78 is 45.8. The molecule has 0 spiro atoms. The molecule has 0 saturated carbocycles. The zero-order valence-electron chi connectivity index (χ0n) is 24.9. The topological polar surface area (TPSA) is 175 Å². The van der Waals surface area contributed by atoms with Gasteiger partial charge in [0.25, 0.3) is 0 Å². The predicted octanol–water partition coefficient (Wildman–Crippen LogP) is 2.88. The lowest BCUT2D eigenvalue weighted by atomic mass is 10.0. The second-order valence-electron chi connectivity index (χ2n) is 11.0. The Morgan fingerprint density at radius 2 is 1.77 bits per heavy atom. The van der Waals surface area contributed by atoms with Gasteiger partial charge in [-0.15, -0.1) is 0 Å². The third-order valence-corrected chi connectivity index (χ3v) is 8.69. The first kappa shape index (κ1) is 34.1. The van der Waals surface area contributed by atoms with Crippen molar-refractivity contribution in [1.29, 1.82) is 0 Å². The zero-order chi connectivity index (χ0) is 31.2. The molecule has 2 aromatic rings. The lowest BCUT2D eigenvalue weighted by Crippen LogP contribution is -2.54. The summed E-state index contributed by atoms with van der Waals surface area (Å²) in [5.41, 5.74) is 12.6. The Balaban J connectivity index is 1.94. The number of amides is 2. The van der Waals surface area contributed by atoms with Gasteiger partial charge >= 0.3 is 12.2 Å². The van der Waals surface area contributed by atoms with Crippen molar-refractivity contribution < 1.29 is 32.2 Å².